The van der Waals surface area contributed by atoms with E-state index in [0.29, 0.717) is 5.02 Å². The molecular formula is C16H22ClN5O. The number of piperidine rings is 1. The van der Waals surface area contributed by atoms with E-state index in [1.807, 2.05) is 30.3 Å². The highest BCUT2D eigenvalue weighted by Gasteiger charge is 2.52. The average molecular weight is 336 g/mol. The number of amides is 1. The zero-order chi connectivity index (χ0) is 16.2. The van der Waals surface area contributed by atoms with Crippen LogP contribution in [0.4, 0.5) is 5.69 Å². The van der Waals surface area contributed by atoms with Crippen LogP contribution in [0.2, 0.25) is 5.02 Å². The van der Waals surface area contributed by atoms with Crippen molar-refractivity contribution in [3.63, 3.8) is 0 Å². The number of hydrogen-bond donors (Lipinski definition) is 4. The molecule has 0 aliphatic carbocycles. The second-order valence-electron chi connectivity index (χ2n) is 7.05. The van der Waals surface area contributed by atoms with E-state index in [9.17, 15) is 4.79 Å². The molecule has 0 aromatic heterocycles. The lowest BCUT2D eigenvalue weighted by molar-refractivity contribution is -0.122. The molecule has 2 fully saturated rings. The number of carbonyl (C=O) groups excluding carboxylic acids is 1. The fraction of sp³-hybridized carbons (Fsp3) is 0.562. The fourth-order valence-electron chi connectivity index (χ4n) is 4.32. The van der Waals surface area contributed by atoms with Gasteiger partial charge in [-0.2, -0.15) is 5.53 Å². The lowest BCUT2D eigenvalue weighted by atomic mass is 9.68. The summed E-state index contributed by atoms with van der Waals surface area (Å²) in [6.45, 7) is 3.04. The van der Waals surface area contributed by atoms with Gasteiger partial charge in [-0.15, -0.1) is 0 Å². The molecule has 6 nitrogen and oxygen atoms in total. The van der Waals surface area contributed by atoms with Crippen molar-refractivity contribution in [3.05, 3.63) is 28.8 Å². The van der Waals surface area contributed by atoms with Crippen molar-refractivity contribution in [2.75, 3.05) is 18.9 Å². The fourth-order valence-corrected chi connectivity index (χ4v) is 4.49. The smallest absolute Gasteiger partial charge is 0.235 e. The van der Waals surface area contributed by atoms with Crippen LogP contribution < -0.4 is 21.6 Å². The molecule has 3 aliphatic heterocycles. The third kappa shape index (κ3) is 2.45. The zero-order valence-electron chi connectivity index (χ0n) is 13.3. The van der Waals surface area contributed by atoms with E-state index < -0.39 is 5.41 Å². The molecule has 4 N–H and O–H groups in total. The average Bonchev–Trinajstić information content (AvgIpc) is 3.03. The molecule has 3 aliphatic rings. The Bertz CT molecular complexity index is 653. The largest absolute Gasteiger partial charge is 0.325 e. The lowest BCUT2D eigenvalue weighted by Gasteiger charge is -2.42. The second kappa shape index (κ2) is 5.43. The third-order valence-corrected chi connectivity index (χ3v) is 5.53. The van der Waals surface area contributed by atoms with Gasteiger partial charge < -0.3 is 10.6 Å². The predicted molar refractivity (Wildman–Crippen MR) is 90.1 cm³/mol. The van der Waals surface area contributed by atoms with Gasteiger partial charge in [0.25, 0.3) is 0 Å². The summed E-state index contributed by atoms with van der Waals surface area (Å²) in [5.41, 5.74) is 7.90. The number of hydrazine groups is 2. The maximum absolute atomic E-state index is 12.9. The van der Waals surface area contributed by atoms with Crippen LogP contribution in [0.15, 0.2) is 18.2 Å². The first kappa shape index (κ1) is 15.4. The molecule has 0 bridgehead atoms. The number of halogens is 1. The maximum Gasteiger partial charge on any atom is 0.235 e. The summed E-state index contributed by atoms with van der Waals surface area (Å²) in [7, 11) is 2.01. The molecule has 1 unspecified atom stereocenters. The van der Waals surface area contributed by atoms with E-state index in [4.69, 9.17) is 11.6 Å². The summed E-state index contributed by atoms with van der Waals surface area (Å²) in [4.78, 5) is 12.9. The molecule has 0 radical (unpaired) electrons. The van der Waals surface area contributed by atoms with Gasteiger partial charge in [-0.05, 0) is 43.5 Å². The van der Waals surface area contributed by atoms with Crippen LogP contribution in [0.25, 0.3) is 0 Å². The Hall–Kier alpha value is -1.18. The number of anilines is 1. The van der Waals surface area contributed by atoms with E-state index in [-0.39, 0.29) is 24.0 Å². The number of nitrogens with one attached hydrogen (secondary N) is 4. The number of likely N-dealkylation sites (N-methyl/N-ethyl adjacent to an activating group) is 1. The van der Waals surface area contributed by atoms with Crippen LogP contribution in [0.1, 0.15) is 25.3 Å². The normalized spacial score (nSPS) is 37.2. The summed E-state index contributed by atoms with van der Waals surface area (Å²) in [6.07, 6.45) is 1.56. The Labute approximate surface area is 140 Å². The quantitative estimate of drug-likeness (QED) is 0.616. The number of rotatable bonds is 1. The van der Waals surface area contributed by atoms with Gasteiger partial charge in [0, 0.05) is 36.4 Å². The van der Waals surface area contributed by atoms with E-state index in [1.165, 1.54) is 0 Å². The van der Waals surface area contributed by atoms with Crippen LogP contribution in [-0.2, 0) is 10.2 Å². The van der Waals surface area contributed by atoms with Gasteiger partial charge in [-0.25, -0.2) is 10.4 Å². The van der Waals surface area contributed by atoms with E-state index in [2.05, 4.69) is 28.5 Å². The number of benzene rings is 1. The highest BCUT2D eigenvalue weighted by Crippen LogP contribution is 2.47. The van der Waals surface area contributed by atoms with Gasteiger partial charge in [0.2, 0.25) is 5.91 Å². The molecule has 4 atom stereocenters. The number of carbonyl (C=O) groups is 1. The standard InChI is InChI=1S/C16H22ClN5O/c1-9-6-16(7-13(18-9)14-8-22(2)21-20-14)11-5-10(17)3-4-12(11)19-15(16)23/h3-5,9,13-14,18,20-21H,6-8H2,1-2H3,(H,19,23)/t9-,13-,14?,16-/m0/s1. The van der Waals surface area contributed by atoms with Crippen molar-refractivity contribution < 1.29 is 4.79 Å². The first-order valence-electron chi connectivity index (χ1n) is 8.08. The van der Waals surface area contributed by atoms with Gasteiger partial charge >= 0.3 is 0 Å². The van der Waals surface area contributed by atoms with Gasteiger partial charge in [0.15, 0.2) is 0 Å². The molecule has 7 heteroatoms. The zero-order valence-corrected chi connectivity index (χ0v) is 14.1. The topological polar surface area (TPSA) is 68.4 Å². The summed E-state index contributed by atoms with van der Waals surface area (Å²) in [5.74, 6) is 0.104. The summed E-state index contributed by atoms with van der Waals surface area (Å²) < 4.78 is 0. The predicted octanol–water partition coefficient (Wildman–Crippen LogP) is 0.994. The minimum Gasteiger partial charge on any atom is -0.325 e. The monoisotopic (exact) mass is 335 g/mol. The highest BCUT2D eigenvalue weighted by atomic mass is 35.5. The van der Waals surface area contributed by atoms with E-state index >= 15 is 0 Å². The minimum absolute atomic E-state index is 0.104. The second-order valence-corrected chi connectivity index (χ2v) is 7.49. The van der Waals surface area contributed by atoms with Crippen LogP contribution in [0.3, 0.4) is 0 Å². The molecule has 3 heterocycles. The molecule has 23 heavy (non-hydrogen) atoms. The minimum atomic E-state index is -0.488. The Morgan fingerprint density at radius 1 is 1.30 bits per heavy atom. The molecule has 124 valence electrons. The molecule has 1 spiro atoms. The molecular weight excluding hydrogens is 314 g/mol. The molecule has 2 saturated heterocycles. The number of nitrogens with zero attached hydrogens (tertiary/aromatic N) is 1. The van der Waals surface area contributed by atoms with Crippen molar-refractivity contribution in [1.82, 2.24) is 21.3 Å². The van der Waals surface area contributed by atoms with Crippen molar-refractivity contribution in [3.8, 4) is 0 Å². The van der Waals surface area contributed by atoms with Crippen molar-refractivity contribution >= 4 is 23.2 Å². The maximum atomic E-state index is 12.9. The van der Waals surface area contributed by atoms with Crippen molar-refractivity contribution in [1.29, 1.82) is 0 Å². The Kier molecular flexibility index (Phi) is 3.62. The van der Waals surface area contributed by atoms with Crippen molar-refractivity contribution in [2.45, 2.75) is 43.3 Å². The summed E-state index contributed by atoms with van der Waals surface area (Å²) in [5, 5.41) is 9.42. The SMILES string of the molecule is C[C@H]1C[C@@]2(C[C@@H](C3CN(C)NN3)N1)C(=O)Nc1ccc(Cl)cc12. The van der Waals surface area contributed by atoms with E-state index in [0.717, 1.165) is 30.6 Å². The van der Waals surface area contributed by atoms with Crippen LogP contribution in [0, 0.1) is 0 Å². The summed E-state index contributed by atoms with van der Waals surface area (Å²) in [6, 6.07) is 6.43. The van der Waals surface area contributed by atoms with Gasteiger partial charge in [-0.1, -0.05) is 11.6 Å². The van der Waals surface area contributed by atoms with Gasteiger partial charge in [-0.3, -0.25) is 4.79 Å². The molecule has 1 aromatic rings. The summed E-state index contributed by atoms with van der Waals surface area (Å²) >= 11 is 6.21. The van der Waals surface area contributed by atoms with Crippen LogP contribution in [0.5, 0.6) is 0 Å². The lowest BCUT2D eigenvalue weighted by Crippen LogP contribution is -2.60. The van der Waals surface area contributed by atoms with Gasteiger partial charge in [0.05, 0.1) is 11.5 Å². The molecule has 1 amide bonds. The Morgan fingerprint density at radius 2 is 2.13 bits per heavy atom. The number of hydrogen-bond acceptors (Lipinski definition) is 5. The first-order valence-corrected chi connectivity index (χ1v) is 8.45. The first-order chi connectivity index (χ1) is 11.0. The highest BCUT2D eigenvalue weighted by molar-refractivity contribution is 6.31. The molecule has 1 aromatic carbocycles. The third-order valence-electron chi connectivity index (χ3n) is 5.30. The van der Waals surface area contributed by atoms with Gasteiger partial charge in [0.1, 0.15) is 0 Å². The van der Waals surface area contributed by atoms with Crippen molar-refractivity contribution in [2.24, 2.45) is 0 Å². The Balaban J connectivity index is 1.70. The van der Waals surface area contributed by atoms with Crippen LogP contribution >= 0.6 is 11.6 Å². The number of fused-ring (bicyclic) bond motifs is 2. The van der Waals surface area contributed by atoms with Crippen LogP contribution in [-0.4, -0.2) is 42.6 Å². The Morgan fingerprint density at radius 3 is 2.87 bits per heavy atom. The molecule has 4 rings (SSSR count). The molecule has 0 saturated carbocycles. The van der Waals surface area contributed by atoms with E-state index in [1.54, 1.807) is 0 Å².